The molecule has 0 saturated heterocycles. The van der Waals surface area contributed by atoms with Gasteiger partial charge in [0.15, 0.2) is 5.78 Å². The van der Waals surface area contributed by atoms with Crippen molar-refractivity contribution in [1.82, 2.24) is 4.98 Å². The van der Waals surface area contributed by atoms with Crippen LogP contribution in [0.25, 0.3) is 10.9 Å². The van der Waals surface area contributed by atoms with Crippen molar-refractivity contribution in [3.8, 4) is 0 Å². The number of ketones is 1. The predicted molar refractivity (Wildman–Crippen MR) is 56.8 cm³/mol. The van der Waals surface area contributed by atoms with Gasteiger partial charge in [0, 0.05) is 22.2 Å². The van der Waals surface area contributed by atoms with Gasteiger partial charge in [-0.1, -0.05) is 11.6 Å². The Morgan fingerprint density at radius 2 is 2.14 bits per heavy atom. The van der Waals surface area contributed by atoms with Gasteiger partial charge in [-0.3, -0.25) is 9.78 Å². The number of nitrogens with zero attached hydrogens (tertiary/aromatic N) is 1. The highest BCUT2D eigenvalue weighted by Gasteiger charge is 2.02. The van der Waals surface area contributed by atoms with Crippen molar-refractivity contribution in [2.75, 3.05) is 0 Å². The lowest BCUT2D eigenvalue weighted by molar-refractivity contribution is 0.101. The molecule has 70 valence electrons. The summed E-state index contributed by atoms with van der Waals surface area (Å²) in [6.07, 6.45) is 1.58. The van der Waals surface area contributed by atoms with Crippen molar-refractivity contribution >= 4 is 28.3 Å². The van der Waals surface area contributed by atoms with E-state index >= 15 is 0 Å². The number of carbonyl (C=O) groups is 1. The molecule has 0 bridgehead atoms. The summed E-state index contributed by atoms with van der Waals surface area (Å²) in [6.45, 7) is 1.52. The van der Waals surface area contributed by atoms with Crippen LogP contribution in [0, 0.1) is 0 Å². The average molecular weight is 206 g/mol. The largest absolute Gasteiger partial charge is 0.294 e. The molecule has 1 heterocycles. The second kappa shape index (κ2) is 3.39. The zero-order valence-electron chi connectivity index (χ0n) is 7.62. The Bertz CT molecular complexity index is 508. The predicted octanol–water partition coefficient (Wildman–Crippen LogP) is 3.09. The van der Waals surface area contributed by atoms with Crippen LogP contribution in [-0.2, 0) is 0 Å². The van der Waals surface area contributed by atoms with Crippen LogP contribution in [0.3, 0.4) is 0 Å². The van der Waals surface area contributed by atoms with Crippen molar-refractivity contribution in [2.45, 2.75) is 6.92 Å². The van der Waals surface area contributed by atoms with Gasteiger partial charge < -0.3 is 0 Å². The summed E-state index contributed by atoms with van der Waals surface area (Å²) >= 11 is 5.84. The highest BCUT2D eigenvalue weighted by Crippen LogP contribution is 2.18. The Morgan fingerprint density at radius 1 is 1.36 bits per heavy atom. The van der Waals surface area contributed by atoms with Gasteiger partial charge in [0.25, 0.3) is 0 Å². The van der Waals surface area contributed by atoms with Crippen molar-refractivity contribution in [2.24, 2.45) is 0 Å². The molecule has 2 nitrogen and oxygen atoms in total. The maximum atomic E-state index is 11.1. The van der Waals surface area contributed by atoms with Crippen LogP contribution in [-0.4, -0.2) is 10.8 Å². The fraction of sp³-hybridized carbons (Fsp3) is 0.0909. The number of hydrogen-bond acceptors (Lipinski definition) is 2. The standard InChI is InChI=1S/C11H8ClNO/c1-7(14)9-4-8-5-10(12)2-3-11(8)13-6-9/h2-6H,1H3. The quantitative estimate of drug-likeness (QED) is 0.670. The van der Waals surface area contributed by atoms with Crippen LogP contribution < -0.4 is 0 Å². The number of rotatable bonds is 1. The summed E-state index contributed by atoms with van der Waals surface area (Å²) in [6, 6.07) is 7.22. The summed E-state index contributed by atoms with van der Waals surface area (Å²) in [5.41, 5.74) is 1.46. The number of fused-ring (bicyclic) bond motifs is 1. The molecule has 3 heteroatoms. The monoisotopic (exact) mass is 205 g/mol. The van der Waals surface area contributed by atoms with E-state index in [4.69, 9.17) is 11.6 Å². The first-order chi connectivity index (χ1) is 6.66. The summed E-state index contributed by atoms with van der Waals surface area (Å²) in [7, 11) is 0. The molecular weight excluding hydrogens is 198 g/mol. The van der Waals surface area contributed by atoms with Gasteiger partial charge in [0.05, 0.1) is 5.52 Å². The van der Waals surface area contributed by atoms with E-state index in [0.717, 1.165) is 10.9 Å². The fourth-order valence-corrected chi connectivity index (χ4v) is 1.48. The number of hydrogen-bond donors (Lipinski definition) is 0. The number of Topliss-reactive ketones (excluding diaryl/α,β-unsaturated/α-hetero) is 1. The van der Waals surface area contributed by atoms with Gasteiger partial charge in [-0.25, -0.2) is 0 Å². The highest BCUT2D eigenvalue weighted by molar-refractivity contribution is 6.31. The first-order valence-electron chi connectivity index (χ1n) is 4.23. The van der Waals surface area contributed by atoms with Crippen molar-refractivity contribution < 1.29 is 4.79 Å². The topological polar surface area (TPSA) is 30.0 Å². The average Bonchev–Trinajstić information content (AvgIpc) is 2.16. The molecule has 14 heavy (non-hydrogen) atoms. The molecule has 0 amide bonds. The Morgan fingerprint density at radius 3 is 2.86 bits per heavy atom. The van der Waals surface area contributed by atoms with E-state index in [0.29, 0.717) is 10.6 Å². The molecule has 1 aromatic carbocycles. The summed E-state index contributed by atoms with van der Waals surface area (Å²) in [5, 5.41) is 1.55. The lowest BCUT2D eigenvalue weighted by Gasteiger charge is -1.99. The molecule has 0 aliphatic rings. The van der Waals surface area contributed by atoms with Gasteiger partial charge in [-0.15, -0.1) is 0 Å². The third-order valence-corrected chi connectivity index (χ3v) is 2.28. The second-order valence-corrected chi connectivity index (χ2v) is 3.55. The zero-order chi connectivity index (χ0) is 10.1. The number of carbonyl (C=O) groups excluding carboxylic acids is 1. The molecule has 0 unspecified atom stereocenters. The number of aromatic nitrogens is 1. The fourth-order valence-electron chi connectivity index (χ4n) is 1.29. The van der Waals surface area contributed by atoms with E-state index in [-0.39, 0.29) is 5.78 Å². The molecule has 0 fully saturated rings. The van der Waals surface area contributed by atoms with Crippen molar-refractivity contribution in [3.05, 3.63) is 41.0 Å². The number of benzene rings is 1. The van der Waals surface area contributed by atoms with Crippen LogP contribution in [0.4, 0.5) is 0 Å². The maximum Gasteiger partial charge on any atom is 0.161 e. The minimum Gasteiger partial charge on any atom is -0.294 e. The molecule has 0 atom stereocenters. The molecule has 2 aromatic rings. The lowest BCUT2D eigenvalue weighted by Crippen LogP contribution is -1.93. The zero-order valence-corrected chi connectivity index (χ0v) is 8.38. The van der Waals surface area contributed by atoms with Crippen LogP contribution in [0.5, 0.6) is 0 Å². The van der Waals surface area contributed by atoms with E-state index in [1.165, 1.54) is 6.92 Å². The highest BCUT2D eigenvalue weighted by atomic mass is 35.5. The molecule has 0 radical (unpaired) electrons. The Labute approximate surface area is 86.5 Å². The van der Waals surface area contributed by atoms with E-state index in [1.807, 2.05) is 6.07 Å². The third kappa shape index (κ3) is 1.61. The Hall–Kier alpha value is -1.41. The van der Waals surface area contributed by atoms with E-state index in [2.05, 4.69) is 4.98 Å². The third-order valence-electron chi connectivity index (χ3n) is 2.05. The molecule has 0 aliphatic heterocycles. The second-order valence-electron chi connectivity index (χ2n) is 3.12. The van der Waals surface area contributed by atoms with E-state index in [9.17, 15) is 4.79 Å². The minimum atomic E-state index is 0.0133. The van der Waals surface area contributed by atoms with Crippen molar-refractivity contribution in [3.63, 3.8) is 0 Å². The van der Waals surface area contributed by atoms with Gasteiger partial charge in [-0.2, -0.15) is 0 Å². The smallest absolute Gasteiger partial charge is 0.161 e. The molecule has 0 aliphatic carbocycles. The molecule has 1 aromatic heterocycles. The lowest BCUT2D eigenvalue weighted by atomic mass is 10.1. The molecular formula is C11H8ClNO. The number of halogens is 1. The summed E-state index contributed by atoms with van der Waals surface area (Å²) in [4.78, 5) is 15.3. The Balaban J connectivity index is 2.69. The summed E-state index contributed by atoms with van der Waals surface area (Å²) in [5.74, 6) is 0.0133. The van der Waals surface area contributed by atoms with Gasteiger partial charge in [0.2, 0.25) is 0 Å². The SMILES string of the molecule is CC(=O)c1cnc2ccc(Cl)cc2c1. The first kappa shape index (κ1) is 9.16. The van der Waals surface area contributed by atoms with E-state index in [1.54, 1.807) is 24.4 Å². The Kier molecular flexibility index (Phi) is 2.22. The van der Waals surface area contributed by atoms with E-state index < -0.39 is 0 Å². The van der Waals surface area contributed by atoms with Gasteiger partial charge in [-0.05, 0) is 31.2 Å². The van der Waals surface area contributed by atoms with Crippen LogP contribution in [0.1, 0.15) is 17.3 Å². The van der Waals surface area contributed by atoms with Crippen LogP contribution in [0.2, 0.25) is 5.02 Å². The molecule has 0 N–H and O–H groups in total. The van der Waals surface area contributed by atoms with Crippen LogP contribution in [0.15, 0.2) is 30.5 Å². The van der Waals surface area contributed by atoms with Gasteiger partial charge in [0.1, 0.15) is 0 Å². The minimum absolute atomic E-state index is 0.0133. The van der Waals surface area contributed by atoms with Crippen molar-refractivity contribution in [1.29, 1.82) is 0 Å². The normalized spacial score (nSPS) is 10.4. The number of pyridine rings is 1. The molecule has 0 saturated carbocycles. The first-order valence-corrected chi connectivity index (χ1v) is 4.61. The summed E-state index contributed by atoms with van der Waals surface area (Å²) < 4.78 is 0. The van der Waals surface area contributed by atoms with Gasteiger partial charge >= 0.3 is 0 Å². The molecule has 0 spiro atoms. The van der Waals surface area contributed by atoms with Crippen LogP contribution >= 0.6 is 11.6 Å². The molecule has 2 rings (SSSR count). The maximum absolute atomic E-state index is 11.1.